The van der Waals surface area contributed by atoms with Crippen molar-refractivity contribution in [3.05, 3.63) is 94.3 Å². The van der Waals surface area contributed by atoms with Crippen LogP contribution >= 0.6 is 11.6 Å². The van der Waals surface area contributed by atoms with Gasteiger partial charge in [0.2, 0.25) is 0 Å². The Labute approximate surface area is 170 Å². The molecule has 0 aromatic heterocycles. The second kappa shape index (κ2) is 8.81. The standard InChI is InChI=1S/C23H23ClN2O2/c1-15(26-23(27)19-8-3-4-9-21(19)24)10-11-18(14-25)20-12-16-6-5-7-17(16)13-22(20)28-2/h3-4,8-14H,1,5-7,25H2,2H3,(H,26,27)/b11-10-,18-14+. The second-order valence-corrected chi connectivity index (χ2v) is 7.00. The lowest BCUT2D eigenvalue weighted by Crippen LogP contribution is -2.21. The summed E-state index contributed by atoms with van der Waals surface area (Å²) in [5, 5.41) is 3.13. The summed E-state index contributed by atoms with van der Waals surface area (Å²) in [5.41, 5.74) is 11.1. The first-order valence-electron chi connectivity index (χ1n) is 9.08. The molecule has 1 amide bonds. The molecule has 0 heterocycles. The number of rotatable bonds is 6. The number of amides is 1. The van der Waals surface area contributed by atoms with Gasteiger partial charge in [-0.15, -0.1) is 0 Å². The highest BCUT2D eigenvalue weighted by Gasteiger charge is 2.16. The highest BCUT2D eigenvalue weighted by Crippen LogP contribution is 2.34. The largest absolute Gasteiger partial charge is 0.496 e. The van der Waals surface area contributed by atoms with Gasteiger partial charge in [0.1, 0.15) is 5.75 Å². The fourth-order valence-corrected chi connectivity index (χ4v) is 3.54. The van der Waals surface area contributed by atoms with Crippen LogP contribution in [0.3, 0.4) is 0 Å². The van der Waals surface area contributed by atoms with Crippen LogP contribution in [0.1, 0.15) is 33.5 Å². The molecule has 4 nitrogen and oxygen atoms in total. The third-order valence-corrected chi connectivity index (χ3v) is 5.09. The van der Waals surface area contributed by atoms with E-state index in [1.165, 1.54) is 17.3 Å². The van der Waals surface area contributed by atoms with E-state index in [4.69, 9.17) is 22.1 Å². The molecule has 0 fully saturated rings. The third kappa shape index (κ3) is 4.29. The molecule has 0 spiro atoms. The number of fused-ring (bicyclic) bond motifs is 1. The van der Waals surface area contributed by atoms with Gasteiger partial charge in [-0.05, 0) is 60.7 Å². The van der Waals surface area contributed by atoms with E-state index in [1.807, 2.05) is 6.08 Å². The van der Waals surface area contributed by atoms with Crippen LogP contribution < -0.4 is 15.8 Å². The van der Waals surface area contributed by atoms with Crippen molar-refractivity contribution in [1.82, 2.24) is 5.32 Å². The summed E-state index contributed by atoms with van der Waals surface area (Å²) in [5.74, 6) is 0.473. The first-order chi connectivity index (χ1) is 13.5. The predicted molar refractivity (Wildman–Crippen MR) is 114 cm³/mol. The molecular formula is C23H23ClN2O2. The third-order valence-electron chi connectivity index (χ3n) is 4.76. The number of halogens is 1. The van der Waals surface area contributed by atoms with Gasteiger partial charge in [0.15, 0.2) is 0 Å². The lowest BCUT2D eigenvalue weighted by Gasteiger charge is -2.12. The summed E-state index contributed by atoms with van der Waals surface area (Å²) < 4.78 is 5.56. The molecule has 5 heteroatoms. The summed E-state index contributed by atoms with van der Waals surface area (Å²) in [7, 11) is 1.65. The number of nitrogens with two attached hydrogens (primary N) is 1. The van der Waals surface area contributed by atoms with Crippen molar-refractivity contribution in [1.29, 1.82) is 0 Å². The fourth-order valence-electron chi connectivity index (χ4n) is 3.32. The molecule has 2 aromatic rings. The van der Waals surface area contributed by atoms with Crippen LogP contribution in [-0.4, -0.2) is 13.0 Å². The smallest absolute Gasteiger partial charge is 0.257 e. The van der Waals surface area contributed by atoms with Gasteiger partial charge >= 0.3 is 0 Å². The highest BCUT2D eigenvalue weighted by molar-refractivity contribution is 6.33. The molecule has 0 saturated heterocycles. The van der Waals surface area contributed by atoms with E-state index in [2.05, 4.69) is 24.0 Å². The molecule has 3 rings (SSSR count). The maximum atomic E-state index is 12.3. The van der Waals surface area contributed by atoms with E-state index in [1.54, 1.807) is 37.5 Å². The number of methoxy groups -OCH3 is 1. The quantitative estimate of drug-likeness (QED) is 0.701. The lowest BCUT2D eigenvalue weighted by atomic mass is 9.99. The predicted octanol–water partition coefficient (Wildman–Crippen LogP) is 4.64. The second-order valence-electron chi connectivity index (χ2n) is 6.59. The molecule has 0 bridgehead atoms. The molecule has 0 radical (unpaired) electrons. The van der Waals surface area contributed by atoms with Crippen molar-refractivity contribution >= 4 is 23.1 Å². The van der Waals surface area contributed by atoms with E-state index < -0.39 is 0 Å². The molecule has 1 aliphatic rings. The number of benzene rings is 2. The van der Waals surface area contributed by atoms with Crippen molar-refractivity contribution in [2.45, 2.75) is 19.3 Å². The van der Waals surface area contributed by atoms with Crippen molar-refractivity contribution in [3.63, 3.8) is 0 Å². The number of aryl methyl sites for hydroxylation is 2. The van der Waals surface area contributed by atoms with Crippen molar-refractivity contribution in [2.75, 3.05) is 7.11 Å². The normalized spacial score (nSPS) is 13.4. The molecule has 1 aliphatic carbocycles. The highest BCUT2D eigenvalue weighted by atomic mass is 35.5. The van der Waals surface area contributed by atoms with Crippen LogP contribution in [0.4, 0.5) is 0 Å². The van der Waals surface area contributed by atoms with Gasteiger partial charge in [0.25, 0.3) is 5.91 Å². The molecule has 0 saturated carbocycles. The average molecular weight is 395 g/mol. The van der Waals surface area contributed by atoms with E-state index in [9.17, 15) is 4.79 Å². The maximum absolute atomic E-state index is 12.3. The maximum Gasteiger partial charge on any atom is 0.257 e. The zero-order chi connectivity index (χ0) is 20.1. The zero-order valence-corrected chi connectivity index (χ0v) is 16.6. The summed E-state index contributed by atoms with van der Waals surface area (Å²) >= 11 is 6.06. The van der Waals surface area contributed by atoms with Gasteiger partial charge in [0.05, 0.1) is 17.7 Å². The van der Waals surface area contributed by atoms with E-state index in [0.29, 0.717) is 16.3 Å². The fraction of sp³-hybridized carbons (Fsp3) is 0.174. The Morgan fingerprint density at radius 2 is 1.89 bits per heavy atom. The molecule has 144 valence electrons. The van der Waals surface area contributed by atoms with Crippen LogP contribution in [0.25, 0.3) is 5.57 Å². The van der Waals surface area contributed by atoms with Gasteiger partial charge < -0.3 is 15.8 Å². The first kappa shape index (κ1) is 19.8. The van der Waals surface area contributed by atoms with Crippen molar-refractivity contribution in [2.24, 2.45) is 5.73 Å². The number of allylic oxidation sites excluding steroid dienone is 3. The number of nitrogens with one attached hydrogen (secondary N) is 1. The number of hydrogen-bond acceptors (Lipinski definition) is 3. The average Bonchev–Trinajstić information content (AvgIpc) is 3.15. The monoisotopic (exact) mass is 394 g/mol. The minimum Gasteiger partial charge on any atom is -0.496 e. The Balaban J connectivity index is 1.76. The van der Waals surface area contributed by atoms with Crippen molar-refractivity contribution in [3.8, 4) is 5.75 Å². The number of hydrogen-bond donors (Lipinski definition) is 2. The zero-order valence-electron chi connectivity index (χ0n) is 15.8. The van der Waals surface area contributed by atoms with Gasteiger partial charge in [-0.2, -0.15) is 0 Å². The van der Waals surface area contributed by atoms with Crippen molar-refractivity contribution < 1.29 is 9.53 Å². The van der Waals surface area contributed by atoms with Crippen LogP contribution in [0.5, 0.6) is 5.75 Å². The molecule has 0 unspecified atom stereocenters. The minimum absolute atomic E-state index is 0.311. The topological polar surface area (TPSA) is 64.3 Å². The number of carbonyl (C=O) groups excluding carboxylic acids is 1. The number of ether oxygens (including phenoxy) is 1. The molecule has 28 heavy (non-hydrogen) atoms. The Morgan fingerprint density at radius 1 is 1.18 bits per heavy atom. The minimum atomic E-state index is -0.311. The van der Waals surface area contributed by atoms with Gasteiger partial charge in [-0.1, -0.05) is 36.4 Å². The molecule has 0 atom stereocenters. The van der Waals surface area contributed by atoms with Crippen LogP contribution in [0.15, 0.2) is 67.0 Å². The summed E-state index contributed by atoms with van der Waals surface area (Å²) in [6, 6.07) is 11.1. The van der Waals surface area contributed by atoms with E-state index in [0.717, 1.165) is 36.1 Å². The number of carbonyl (C=O) groups is 1. The molecular weight excluding hydrogens is 372 g/mol. The van der Waals surface area contributed by atoms with E-state index in [-0.39, 0.29) is 5.91 Å². The molecule has 3 N–H and O–H groups in total. The SMILES string of the molecule is C=C(/C=C\C(=C/N)c1cc2c(cc1OC)CCC2)NC(=O)c1ccccc1Cl. The van der Waals surface area contributed by atoms with Gasteiger partial charge in [0, 0.05) is 23.0 Å². The Kier molecular flexibility index (Phi) is 6.22. The Hall–Kier alpha value is -2.98. The lowest BCUT2D eigenvalue weighted by molar-refractivity contribution is 0.0967. The summed E-state index contributed by atoms with van der Waals surface area (Å²) in [6.07, 6.45) is 8.35. The summed E-state index contributed by atoms with van der Waals surface area (Å²) in [6.45, 7) is 3.89. The Bertz CT molecular complexity index is 977. The van der Waals surface area contributed by atoms with Crippen LogP contribution in [0.2, 0.25) is 5.02 Å². The summed E-state index contributed by atoms with van der Waals surface area (Å²) in [4.78, 5) is 12.3. The van der Waals surface area contributed by atoms with Gasteiger partial charge in [-0.25, -0.2) is 0 Å². The van der Waals surface area contributed by atoms with Gasteiger partial charge in [-0.3, -0.25) is 4.79 Å². The van der Waals surface area contributed by atoms with Crippen LogP contribution in [0, 0.1) is 0 Å². The molecule has 0 aliphatic heterocycles. The first-order valence-corrected chi connectivity index (χ1v) is 9.46. The van der Waals surface area contributed by atoms with E-state index >= 15 is 0 Å². The van der Waals surface area contributed by atoms with Crippen LogP contribution in [-0.2, 0) is 12.8 Å². The molecule has 2 aromatic carbocycles. The Morgan fingerprint density at radius 3 is 2.57 bits per heavy atom.